The number of amides is 2. The van der Waals surface area contributed by atoms with Crippen molar-refractivity contribution in [3.05, 3.63) is 5.21 Å². The van der Waals surface area contributed by atoms with E-state index in [9.17, 15) is 14.8 Å². The first-order valence-corrected chi connectivity index (χ1v) is 6.91. The number of rotatable bonds is 2. The molecule has 0 aromatic rings. The van der Waals surface area contributed by atoms with Gasteiger partial charge in [0.25, 0.3) is 17.9 Å². The molecule has 19 heavy (non-hydrogen) atoms. The number of hydrogen-bond acceptors (Lipinski definition) is 4. The van der Waals surface area contributed by atoms with Crippen molar-refractivity contribution in [1.29, 1.82) is 0 Å². The van der Waals surface area contributed by atoms with Crippen LogP contribution in [0.1, 0.15) is 38.5 Å². The van der Waals surface area contributed by atoms with Crippen molar-refractivity contribution in [3.63, 3.8) is 0 Å². The molecule has 2 amide bonds. The van der Waals surface area contributed by atoms with Gasteiger partial charge in [-0.2, -0.15) is 0 Å². The molecule has 2 aliphatic rings. The second kappa shape index (κ2) is 6.49. The third-order valence-electron chi connectivity index (χ3n) is 3.53. The highest BCUT2D eigenvalue weighted by Crippen LogP contribution is 2.13. The highest BCUT2D eigenvalue weighted by atomic mass is 16.5. The van der Waals surface area contributed by atoms with Gasteiger partial charge < -0.3 is 15.8 Å². The molecule has 0 aliphatic carbocycles. The molecule has 2 atom stereocenters. The number of carbonyl (C=O) groups is 2. The molecule has 2 unspecified atom stereocenters. The molecule has 2 aliphatic heterocycles. The van der Waals surface area contributed by atoms with Gasteiger partial charge in [-0.25, -0.2) is 0 Å². The third-order valence-corrected chi connectivity index (χ3v) is 3.53. The van der Waals surface area contributed by atoms with Crippen LogP contribution in [0.2, 0.25) is 0 Å². The summed E-state index contributed by atoms with van der Waals surface area (Å²) in [6.45, 7) is 1.24. The summed E-state index contributed by atoms with van der Waals surface area (Å²) in [7, 11) is 0. The molecule has 2 fully saturated rings. The highest BCUT2D eigenvalue weighted by Gasteiger charge is 2.31. The van der Waals surface area contributed by atoms with Crippen LogP contribution in [-0.2, 0) is 9.59 Å². The average Bonchev–Trinajstić information content (AvgIpc) is 2.71. The van der Waals surface area contributed by atoms with E-state index in [-0.39, 0.29) is 11.8 Å². The van der Waals surface area contributed by atoms with Crippen LogP contribution in [-0.4, -0.2) is 41.8 Å². The fourth-order valence-electron chi connectivity index (χ4n) is 2.39. The van der Waals surface area contributed by atoms with Gasteiger partial charge in [0.15, 0.2) is 6.04 Å². The third kappa shape index (κ3) is 3.65. The maximum atomic E-state index is 12.0. The van der Waals surface area contributed by atoms with Crippen LogP contribution in [0.15, 0.2) is 5.11 Å². The SMILES string of the molecule is O=C1NCCCCC1N=[N+]([O-])C1CCCCNC1=O. The number of nitrogens with zero attached hydrogens (tertiary/aromatic N) is 2. The monoisotopic (exact) mass is 268 g/mol. The molecule has 0 aromatic heterocycles. The fourth-order valence-corrected chi connectivity index (χ4v) is 2.39. The second-order valence-electron chi connectivity index (χ2n) is 5.02. The van der Waals surface area contributed by atoms with Crippen LogP contribution < -0.4 is 10.6 Å². The van der Waals surface area contributed by atoms with Crippen LogP contribution in [0, 0.1) is 5.21 Å². The highest BCUT2D eigenvalue weighted by molar-refractivity contribution is 5.82. The predicted molar refractivity (Wildman–Crippen MR) is 67.4 cm³/mol. The Kier molecular flexibility index (Phi) is 4.70. The van der Waals surface area contributed by atoms with Crippen LogP contribution in [0.5, 0.6) is 0 Å². The summed E-state index contributed by atoms with van der Waals surface area (Å²) in [5.74, 6) is -0.502. The molecule has 2 heterocycles. The van der Waals surface area contributed by atoms with Crippen LogP contribution >= 0.6 is 0 Å². The summed E-state index contributed by atoms with van der Waals surface area (Å²) in [6, 6.07) is -1.45. The summed E-state index contributed by atoms with van der Waals surface area (Å²) < 4.78 is 0. The van der Waals surface area contributed by atoms with Gasteiger partial charge in [-0.1, -0.05) is 4.86 Å². The van der Waals surface area contributed by atoms with E-state index >= 15 is 0 Å². The van der Waals surface area contributed by atoms with Gasteiger partial charge in [0.1, 0.15) is 0 Å². The molecule has 0 radical (unpaired) electrons. The van der Waals surface area contributed by atoms with Gasteiger partial charge in [-0.3, -0.25) is 9.59 Å². The van der Waals surface area contributed by atoms with Crippen molar-refractivity contribution in [2.24, 2.45) is 5.11 Å². The van der Waals surface area contributed by atoms with Gasteiger partial charge in [-0.15, -0.1) is 0 Å². The second-order valence-corrected chi connectivity index (χ2v) is 5.02. The lowest BCUT2D eigenvalue weighted by Gasteiger charge is -2.13. The molecule has 7 nitrogen and oxygen atoms in total. The van der Waals surface area contributed by atoms with E-state index in [0.29, 0.717) is 30.8 Å². The van der Waals surface area contributed by atoms with Crippen LogP contribution in [0.3, 0.4) is 0 Å². The lowest BCUT2D eigenvalue weighted by atomic mass is 10.1. The van der Waals surface area contributed by atoms with Gasteiger partial charge in [0, 0.05) is 19.5 Å². The Balaban J connectivity index is 2.07. The topological polar surface area (TPSA) is 96.6 Å². The molecule has 2 N–H and O–H groups in total. The summed E-state index contributed by atoms with van der Waals surface area (Å²) in [4.78, 5) is 23.9. The van der Waals surface area contributed by atoms with E-state index in [1.54, 1.807) is 0 Å². The smallest absolute Gasteiger partial charge is 0.292 e. The summed E-state index contributed by atoms with van der Waals surface area (Å²) >= 11 is 0. The Morgan fingerprint density at radius 1 is 1.00 bits per heavy atom. The van der Waals surface area contributed by atoms with E-state index in [0.717, 1.165) is 25.7 Å². The molecule has 0 aromatic carbocycles. The summed E-state index contributed by atoms with van der Waals surface area (Å²) in [5.41, 5.74) is 0. The summed E-state index contributed by atoms with van der Waals surface area (Å²) in [6.07, 6.45) is 4.51. The molecular formula is C12H20N4O3. The Hall–Kier alpha value is -1.66. The Labute approximate surface area is 112 Å². The van der Waals surface area contributed by atoms with E-state index in [1.165, 1.54) is 0 Å². The number of carbonyl (C=O) groups excluding carboxylic acids is 2. The van der Waals surface area contributed by atoms with E-state index in [2.05, 4.69) is 15.7 Å². The van der Waals surface area contributed by atoms with Gasteiger partial charge in [0.2, 0.25) is 0 Å². The van der Waals surface area contributed by atoms with Crippen LogP contribution in [0.4, 0.5) is 0 Å². The number of hydroxylamine groups is 1. The van der Waals surface area contributed by atoms with Gasteiger partial charge in [0.05, 0.1) is 0 Å². The first-order chi connectivity index (χ1) is 9.18. The largest absolute Gasteiger partial charge is 0.599 e. The molecule has 0 bridgehead atoms. The van der Waals surface area contributed by atoms with Crippen molar-refractivity contribution in [2.75, 3.05) is 13.1 Å². The van der Waals surface area contributed by atoms with Crippen molar-refractivity contribution >= 4 is 11.8 Å². The number of nitrogens with one attached hydrogen (secondary N) is 2. The van der Waals surface area contributed by atoms with Gasteiger partial charge in [-0.05, 0) is 37.2 Å². The number of azo groups is 1. The Morgan fingerprint density at radius 2 is 1.63 bits per heavy atom. The van der Waals surface area contributed by atoms with E-state index in [4.69, 9.17) is 0 Å². The van der Waals surface area contributed by atoms with Crippen molar-refractivity contribution in [3.8, 4) is 0 Å². The van der Waals surface area contributed by atoms with Crippen molar-refractivity contribution < 1.29 is 14.4 Å². The zero-order chi connectivity index (χ0) is 13.7. The zero-order valence-electron chi connectivity index (χ0n) is 10.9. The molecular weight excluding hydrogens is 248 g/mol. The minimum Gasteiger partial charge on any atom is -0.599 e. The molecule has 2 rings (SSSR count). The first-order valence-electron chi connectivity index (χ1n) is 6.91. The first kappa shape index (κ1) is 13.8. The molecule has 106 valence electrons. The molecule has 0 spiro atoms. The fraction of sp³-hybridized carbons (Fsp3) is 0.833. The maximum Gasteiger partial charge on any atom is 0.292 e. The number of hydrogen-bond donors (Lipinski definition) is 2. The predicted octanol–water partition coefficient (Wildman–Crippen LogP) is 0.286. The standard InChI is InChI=1S/C12H20N4O3/c17-11-9(5-1-3-7-13-11)15-16(19)10-6-2-4-8-14-12(10)18/h9-10H,1-8H2,(H,13,17)(H,14,18). The normalized spacial score (nSPS) is 30.0. The Bertz CT molecular complexity index is 383. The molecule has 2 saturated heterocycles. The summed E-state index contributed by atoms with van der Waals surface area (Å²) in [5, 5.41) is 21.3. The molecule has 7 heteroatoms. The Morgan fingerprint density at radius 3 is 2.37 bits per heavy atom. The molecule has 0 saturated carbocycles. The van der Waals surface area contributed by atoms with Crippen molar-refractivity contribution in [2.45, 2.75) is 50.6 Å². The van der Waals surface area contributed by atoms with Crippen molar-refractivity contribution in [1.82, 2.24) is 10.6 Å². The lowest BCUT2D eigenvalue weighted by molar-refractivity contribution is -0.558. The minimum atomic E-state index is -0.793. The lowest BCUT2D eigenvalue weighted by Crippen LogP contribution is -2.40. The van der Waals surface area contributed by atoms with Crippen LogP contribution in [0.25, 0.3) is 0 Å². The average molecular weight is 268 g/mol. The zero-order valence-corrected chi connectivity index (χ0v) is 10.9. The van der Waals surface area contributed by atoms with E-state index in [1.807, 2.05) is 0 Å². The maximum absolute atomic E-state index is 12.0. The minimum absolute atomic E-state index is 0.215. The van der Waals surface area contributed by atoms with Gasteiger partial charge >= 0.3 is 0 Å². The van der Waals surface area contributed by atoms with E-state index < -0.39 is 12.1 Å². The quantitative estimate of drug-likeness (QED) is 0.428.